The Morgan fingerprint density at radius 3 is 2.69 bits per heavy atom. The third kappa shape index (κ3) is 7.25. The van der Waals surface area contributed by atoms with Gasteiger partial charge in [-0.15, -0.1) is 0 Å². The molecule has 2 bridgehead atoms. The molecule has 3 fully saturated rings. The van der Waals surface area contributed by atoms with Crippen LogP contribution in [0, 0.1) is 5.82 Å². The monoisotopic (exact) mass is 811 g/mol. The Balaban J connectivity index is 1.15. The predicted octanol–water partition coefficient (Wildman–Crippen LogP) is 1.04. The lowest BCUT2D eigenvalue weighted by molar-refractivity contribution is -0.0586. The summed E-state index contributed by atoms with van der Waals surface area (Å²) in [5.74, 6) is -1.02. The summed E-state index contributed by atoms with van der Waals surface area (Å²) in [5.41, 5.74) is -0.934. The number of imidazole rings is 1. The van der Waals surface area contributed by atoms with E-state index in [1.54, 1.807) is 7.05 Å². The van der Waals surface area contributed by atoms with Gasteiger partial charge in [-0.05, 0) is 18.9 Å². The van der Waals surface area contributed by atoms with Crippen LogP contribution in [0.25, 0.3) is 22.2 Å². The summed E-state index contributed by atoms with van der Waals surface area (Å²) in [7, 11) is 1.68. The second-order valence-electron chi connectivity index (χ2n) is 11.5. The Bertz CT molecular complexity index is 2150. The number of carbonyl (C=O) groups is 1. The molecule has 0 saturated carbocycles. The number of H-pyrrole nitrogens is 1. The first-order valence-electron chi connectivity index (χ1n) is 15.2. The lowest BCUT2D eigenvalue weighted by atomic mass is 10.1. The van der Waals surface area contributed by atoms with E-state index in [0.717, 1.165) is 29.7 Å². The Labute approximate surface area is 300 Å². The van der Waals surface area contributed by atoms with Gasteiger partial charge in [-0.2, -0.15) is 0 Å². The summed E-state index contributed by atoms with van der Waals surface area (Å²) >= 11 is 9.21. The van der Waals surface area contributed by atoms with Gasteiger partial charge in [0.25, 0.3) is 5.56 Å². The van der Waals surface area contributed by atoms with Crippen LogP contribution in [-0.2, 0) is 48.7 Å². The first-order chi connectivity index (χ1) is 24.8. The molecule has 4 aromatic heterocycles. The number of fused-ring (bicyclic) bond motifs is 5. The molecule has 7 heterocycles. The number of likely N-dealkylation sites (N-methyl/N-ethyl adjacent to an activating group) is 1. The van der Waals surface area contributed by atoms with Crippen molar-refractivity contribution in [2.75, 3.05) is 38.7 Å². The smallest absolute Gasteiger partial charge is 0.412 e. The van der Waals surface area contributed by atoms with Gasteiger partial charge in [0.15, 0.2) is 47.1 Å². The van der Waals surface area contributed by atoms with Gasteiger partial charge >= 0.3 is 19.6 Å². The van der Waals surface area contributed by atoms with E-state index in [4.69, 9.17) is 44.1 Å². The molecule has 27 heteroatoms. The van der Waals surface area contributed by atoms with Crippen LogP contribution in [-0.4, -0.2) is 120 Å². The lowest BCUT2D eigenvalue weighted by Crippen LogP contribution is -2.35. The van der Waals surface area contributed by atoms with Gasteiger partial charge in [0.05, 0.1) is 25.9 Å². The zero-order chi connectivity index (χ0) is 36.9. The number of nitrogens with zero attached hydrogens (tertiary/aromatic N) is 6. The summed E-state index contributed by atoms with van der Waals surface area (Å²) in [5, 5.41) is 16.0. The summed E-state index contributed by atoms with van der Waals surface area (Å²) in [6, 6.07) is 0. The van der Waals surface area contributed by atoms with Crippen molar-refractivity contribution in [1.82, 2.24) is 39.4 Å². The highest BCUT2D eigenvalue weighted by Gasteiger charge is 2.53. The van der Waals surface area contributed by atoms with Gasteiger partial charge in [-0.1, -0.05) is 12.2 Å². The number of hydrogen-bond acceptors (Lipinski definition) is 17. The van der Waals surface area contributed by atoms with Gasteiger partial charge in [-0.25, -0.2) is 38.1 Å². The second-order valence-corrected chi connectivity index (χ2v) is 17.1. The van der Waals surface area contributed by atoms with Crippen molar-refractivity contribution in [2.45, 2.75) is 49.1 Å². The molecule has 3 aliphatic rings. The van der Waals surface area contributed by atoms with Crippen LogP contribution in [0.5, 0.6) is 0 Å². The van der Waals surface area contributed by atoms with Crippen LogP contribution in [0.15, 0.2) is 30.0 Å². The van der Waals surface area contributed by atoms with E-state index in [1.807, 2.05) is 0 Å². The van der Waals surface area contributed by atoms with E-state index in [2.05, 4.69) is 47.8 Å². The van der Waals surface area contributed by atoms with Crippen LogP contribution < -0.4 is 16.2 Å². The highest BCUT2D eigenvalue weighted by molar-refractivity contribution is 8.44. The minimum absolute atomic E-state index is 0.0167. The molecular formula is C25H29F2N9O12P2S2. The Morgan fingerprint density at radius 2 is 1.90 bits per heavy atom. The number of thiol groups is 1. The van der Waals surface area contributed by atoms with E-state index in [0.29, 0.717) is 6.54 Å². The molecule has 1 amide bonds. The number of rotatable bonds is 6. The third-order valence-electron chi connectivity index (χ3n) is 8.18. The van der Waals surface area contributed by atoms with Crippen molar-refractivity contribution in [3.63, 3.8) is 0 Å². The van der Waals surface area contributed by atoms with Crippen molar-refractivity contribution >= 4 is 71.7 Å². The Morgan fingerprint density at radius 1 is 1.13 bits per heavy atom. The molecule has 10 atom stereocenters. The number of aliphatic hydroxyl groups is 1. The summed E-state index contributed by atoms with van der Waals surface area (Å²) < 4.78 is 85.9. The van der Waals surface area contributed by atoms with Crippen LogP contribution in [0.4, 0.5) is 19.4 Å². The molecule has 4 aromatic rings. The van der Waals surface area contributed by atoms with Gasteiger partial charge < -0.3 is 43.6 Å². The number of halogens is 2. The third-order valence-corrected chi connectivity index (χ3v) is 11.3. The topological polar surface area (TPSA) is 258 Å². The normalized spacial score (nSPS) is 34.0. The van der Waals surface area contributed by atoms with Crippen molar-refractivity contribution in [3.05, 3.63) is 41.3 Å². The largest absolute Gasteiger partial charge is 0.448 e. The van der Waals surface area contributed by atoms with Crippen molar-refractivity contribution in [2.24, 2.45) is 0 Å². The zero-order valence-electron chi connectivity index (χ0n) is 26.4. The molecule has 5 N–H and O–H groups in total. The maximum atomic E-state index is 16.3. The predicted molar refractivity (Wildman–Crippen MR) is 178 cm³/mol. The molecule has 7 rings (SSSR count). The Kier molecular flexibility index (Phi) is 10.5. The van der Waals surface area contributed by atoms with E-state index in [-0.39, 0.29) is 29.2 Å². The molecule has 0 radical (unpaired) electrons. The van der Waals surface area contributed by atoms with Crippen LogP contribution in [0.2, 0.25) is 0 Å². The number of ether oxygens (including phenoxy) is 3. The maximum Gasteiger partial charge on any atom is 0.412 e. The van der Waals surface area contributed by atoms with Crippen LogP contribution in [0.3, 0.4) is 0 Å². The van der Waals surface area contributed by atoms with Gasteiger partial charge in [0.1, 0.15) is 48.8 Å². The molecule has 52 heavy (non-hydrogen) atoms. The highest BCUT2D eigenvalue weighted by Crippen LogP contribution is 2.58. The fraction of sp³-hybridized carbons (Fsp3) is 0.520. The van der Waals surface area contributed by atoms with Crippen LogP contribution in [0.1, 0.15) is 12.5 Å². The van der Waals surface area contributed by atoms with E-state index >= 15 is 4.39 Å². The number of amides is 1. The number of hydrogen-bond donors (Lipinski definition) is 6. The first-order valence-corrected chi connectivity index (χ1v) is 20.5. The minimum Gasteiger partial charge on any atom is -0.448 e. The Hall–Kier alpha value is -3.03. The van der Waals surface area contributed by atoms with Gasteiger partial charge in [0.2, 0.25) is 0 Å². The number of anilines is 1. The van der Waals surface area contributed by atoms with Crippen molar-refractivity contribution < 1.29 is 60.4 Å². The van der Waals surface area contributed by atoms with Gasteiger partial charge in [-0.3, -0.25) is 28.2 Å². The zero-order valence-corrected chi connectivity index (χ0v) is 29.9. The molecule has 3 aliphatic heterocycles. The number of aliphatic hydroxyl groups excluding tert-OH is 1. The van der Waals surface area contributed by atoms with Crippen molar-refractivity contribution in [1.29, 1.82) is 0 Å². The molecule has 3 saturated heterocycles. The maximum absolute atomic E-state index is 16.3. The fourth-order valence-electron chi connectivity index (χ4n) is 5.83. The number of carbonyl (C=O) groups excluding carboxylic acids is 1. The molecule has 282 valence electrons. The molecule has 0 aromatic carbocycles. The molecular weight excluding hydrogens is 782 g/mol. The molecule has 2 unspecified atom stereocenters. The highest BCUT2D eigenvalue weighted by atomic mass is 32.7. The average Bonchev–Trinajstić information content (AvgIpc) is 3.83. The fourth-order valence-corrected chi connectivity index (χ4v) is 8.72. The molecule has 0 spiro atoms. The molecule has 0 aliphatic carbocycles. The lowest BCUT2D eigenvalue weighted by Gasteiger charge is -2.27. The summed E-state index contributed by atoms with van der Waals surface area (Å²) in [6.45, 7) is -9.84. The number of nitrogens with one attached hydrogen (secondary N) is 3. The minimum atomic E-state index is -4.50. The summed E-state index contributed by atoms with van der Waals surface area (Å²) in [4.78, 5) is 54.2. The average molecular weight is 812 g/mol. The second kappa shape index (κ2) is 14.7. The van der Waals surface area contributed by atoms with E-state index in [1.165, 1.54) is 4.57 Å². The summed E-state index contributed by atoms with van der Waals surface area (Å²) in [6.07, 6.45) is -9.71. The first kappa shape index (κ1) is 37.3. The quantitative estimate of drug-likeness (QED) is 0.0903. The van der Waals surface area contributed by atoms with Crippen LogP contribution >= 0.6 is 25.8 Å². The van der Waals surface area contributed by atoms with Gasteiger partial charge in [0, 0.05) is 12.7 Å². The van der Waals surface area contributed by atoms with Crippen molar-refractivity contribution in [3.8, 4) is 0 Å². The SMILES string of the molecule is CNCCOC(=O)Nc1ncnc2c1ncn2[C@@H]1O[C@@H]2COP(O)(=S)O[C@@H]3[C@H](O)[C@@H](COP(=O)(S)O[C@H]2[C@H]1F)O[C@H]3n1cc(F)c2c(=O)[nH]cnc21. The standard InChI is InChI=1S/C25H29F2N9O12P2S2/c1-28-2-3-42-25(39)34-19-15-21(31-7-29-19)36(9-33-15)23-14(27)17-12(46-23)6-44-50(41,52)48-18-16(37)11(5-43-49(40,51)47-17)45-24(18)35-4-10(26)13-20(35)30-8-32-22(13)38/h4,7-9,11-12,14,16-18,23-24,28,37H,2-3,5-6H2,1H3,(H,40,51)(H,41,52)(H,30,32,38)(H,29,31,34,39)/t11-,12-,14-,16-,17-,18-,23-,24-,49?,50?/m1/s1. The number of aromatic amines is 1. The van der Waals surface area contributed by atoms with E-state index in [9.17, 15) is 28.5 Å². The van der Waals surface area contributed by atoms with E-state index < -0.39 is 98.7 Å². The molecule has 21 nitrogen and oxygen atoms in total. The number of aromatic nitrogens is 7. The number of alkyl halides is 1.